The fraction of sp³-hybridized carbons (Fsp3) is 0.545. The third-order valence-electron chi connectivity index (χ3n) is 2.19. The van der Waals surface area contributed by atoms with E-state index in [1.165, 1.54) is 0 Å². The monoisotopic (exact) mass is 235 g/mol. The Morgan fingerprint density at radius 1 is 1.65 bits per heavy atom. The molecule has 0 radical (unpaired) electrons. The van der Waals surface area contributed by atoms with Gasteiger partial charge in [-0.25, -0.2) is 4.98 Å². The van der Waals surface area contributed by atoms with Crippen LogP contribution >= 0.6 is 0 Å². The second kappa shape index (κ2) is 7.41. The summed E-state index contributed by atoms with van der Waals surface area (Å²) in [5, 5.41) is 14.1. The maximum atomic E-state index is 11.4. The zero-order valence-electron chi connectivity index (χ0n) is 9.94. The Balaban J connectivity index is 2.45. The molecule has 0 saturated heterocycles. The topological polar surface area (TPSA) is 82.7 Å². The quantitative estimate of drug-likeness (QED) is 0.515. The van der Waals surface area contributed by atoms with E-state index in [0.29, 0.717) is 6.54 Å². The lowest BCUT2D eigenvalue weighted by Gasteiger charge is -2.07. The minimum absolute atomic E-state index is 0.0386. The number of amides is 1. The van der Waals surface area contributed by atoms with Crippen LogP contribution in [0.4, 0.5) is 0 Å². The van der Waals surface area contributed by atoms with Crippen molar-refractivity contribution >= 4 is 5.91 Å². The van der Waals surface area contributed by atoms with E-state index < -0.39 is 0 Å². The molecule has 6 nitrogen and oxygen atoms in total. The van der Waals surface area contributed by atoms with E-state index >= 15 is 0 Å². The van der Waals surface area contributed by atoms with Gasteiger partial charge in [0.25, 0.3) is 0 Å². The Morgan fingerprint density at radius 2 is 2.47 bits per heavy atom. The van der Waals surface area contributed by atoms with Crippen LogP contribution in [0.3, 0.4) is 0 Å². The predicted octanol–water partition coefficient (Wildman–Crippen LogP) is 0.0225. The van der Waals surface area contributed by atoms with Gasteiger partial charge in [-0.1, -0.05) is 6.92 Å². The molecule has 0 atom stereocenters. The van der Waals surface area contributed by atoms with Crippen molar-refractivity contribution < 1.29 is 4.79 Å². The average molecular weight is 235 g/mol. The SMILES string of the molecule is CCCNCc1nccn1CC(=O)NCC#N. The van der Waals surface area contributed by atoms with Gasteiger partial charge in [0.1, 0.15) is 18.9 Å². The van der Waals surface area contributed by atoms with Crippen molar-refractivity contribution in [3.63, 3.8) is 0 Å². The summed E-state index contributed by atoms with van der Waals surface area (Å²) in [6.07, 6.45) is 4.48. The summed E-state index contributed by atoms with van der Waals surface area (Å²) >= 11 is 0. The Bertz CT molecular complexity index is 393. The molecular weight excluding hydrogens is 218 g/mol. The molecule has 0 bridgehead atoms. The maximum absolute atomic E-state index is 11.4. The number of hydrogen-bond acceptors (Lipinski definition) is 4. The standard InChI is InChI=1S/C11H17N5O/c1-2-4-13-8-10-14-6-7-16(10)9-11(17)15-5-3-12/h6-7,13H,2,4-5,8-9H2,1H3,(H,15,17). The van der Waals surface area contributed by atoms with E-state index in [0.717, 1.165) is 18.8 Å². The van der Waals surface area contributed by atoms with E-state index in [2.05, 4.69) is 22.5 Å². The number of aromatic nitrogens is 2. The van der Waals surface area contributed by atoms with E-state index in [-0.39, 0.29) is 19.0 Å². The second-order valence-corrected chi connectivity index (χ2v) is 3.58. The number of nitrogens with zero attached hydrogens (tertiary/aromatic N) is 3. The summed E-state index contributed by atoms with van der Waals surface area (Å²) in [4.78, 5) is 15.6. The first-order chi connectivity index (χ1) is 8.27. The highest BCUT2D eigenvalue weighted by Crippen LogP contribution is 1.97. The molecule has 0 saturated carbocycles. The fourth-order valence-corrected chi connectivity index (χ4v) is 1.38. The minimum Gasteiger partial charge on any atom is -0.341 e. The second-order valence-electron chi connectivity index (χ2n) is 3.58. The Hall–Kier alpha value is -1.87. The van der Waals surface area contributed by atoms with Crippen molar-refractivity contribution in [3.8, 4) is 6.07 Å². The van der Waals surface area contributed by atoms with Crippen LogP contribution < -0.4 is 10.6 Å². The molecule has 17 heavy (non-hydrogen) atoms. The third kappa shape index (κ3) is 4.66. The lowest BCUT2D eigenvalue weighted by atomic mass is 10.4. The van der Waals surface area contributed by atoms with Gasteiger partial charge in [-0.2, -0.15) is 5.26 Å². The number of carbonyl (C=O) groups is 1. The summed E-state index contributed by atoms with van der Waals surface area (Å²) < 4.78 is 1.77. The van der Waals surface area contributed by atoms with E-state index in [9.17, 15) is 4.79 Å². The van der Waals surface area contributed by atoms with Gasteiger partial charge >= 0.3 is 0 Å². The zero-order valence-corrected chi connectivity index (χ0v) is 9.94. The normalized spacial score (nSPS) is 9.88. The van der Waals surface area contributed by atoms with E-state index in [1.807, 2.05) is 6.07 Å². The molecule has 1 heterocycles. The van der Waals surface area contributed by atoms with Crippen molar-refractivity contribution in [3.05, 3.63) is 18.2 Å². The van der Waals surface area contributed by atoms with Gasteiger partial charge in [-0.15, -0.1) is 0 Å². The molecule has 1 rings (SSSR count). The average Bonchev–Trinajstić information content (AvgIpc) is 2.74. The number of hydrogen-bond donors (Lipinski definition) is 2. The molecule has 2 N–H and O–H groups in total. The Kier molecular flexibility index (Phi) is 5.75. The Labute approximate surface area is 101 Å². The fourth-order valence-electron chi connectivity index (χ4n) is 1.38. The van der Waals surface area contributed by atoms with Crippen LogP contribution in [-0.2, 0) is 17.9 Å². The van der Waals surface area contributed by atoms with Crippen LogP contribution in [0.2, 0.25) is 0 Å². The molecule has 1 aromatic rings. The zero-order chi connectivity index (χ0) is 12.5. The van der Waals surface area contributed by atoms with E-state index in [4.69, 9.17) is 5.26 Å². The van der Waals surface area contributed by atoms with Crippen molar-refractivity contribution in [2.45, 2.75) is 26.4 Å². The molecule has 6 heteroatoms. The van der Waals surface area contributed by atoms with Crippen LogP contribution in [0.5, 0.6) is 0 Å². The number of rotatable bonds is 7. The molecule has 0 fully saturated rings. The van der Waals surface area contributed by atoms with Crippen molar-refractivity contribution in [1.29, 1.82) is 5.26 Å². The molecular formula is C11H17N5O. The third-order valence-corrected chi connectivity index (χ3v) is 2.19. The van der Waals surface area contributed by atoms with Crippen molar-refractivity contribution in [1.82, 2.24) is 20.2 Å². The van der Waals surface area contributed by atoms with Crippen molar-refractivity contribution in [2.24, 2.45) is 0 Å². The van der Waals surface area contributed by atoms with Gasteiger partial charge in [0.2, 0.25) is 5.91 Å². The molecule has 0 aromatic carbocycles. The first-order valence-electron chi connectivity index (χ1n) is 5.62. The highest BCUT2D eigenvalue weighted by atomic mass is 16.1. The smallest absolute Gasteiger partial charge is 0.240 e. The van der Waals surface area contributed by atoms with Gasteiger partial charge in [-0.3, -0.25) is 4.79 Å². The summed E-state index contributed by atoms with van der Waals surface area (Å²) in [5.41, 5.74) is 0. The molecule has 1 aromatic heterocycles. The highest BCUT2D eigenvalue weighted by Gasteiger charge is 2.06. The maximum Gasteiger partial charge on any atom is 0.240 e. The first kappa shape index (κ1) is 13.2. The van der Waals surface area contributed by atoms with Gasteiger partial charge in [0.05, 0.1) is 12.6 Å². The molecule has 0 unspecified atom stereocenters. The van der Waals surface area contributed by atoms with Gasteiger partial charge in [0, 0.05) is 12.4 Å². The number of nitriles is 1. The molecule has 1 amide bonds. The van der Waals surface area contributed by atoms with Crippen LogP contribution in [0.1, 0.15) is 19.2 Å². The van der Waals surface area contributed by atoms with Crippen LogP contribution in [0.15, 0.2) is 12.4 Å². The van der Waals surface area contributed by atoms with Crippen LogP contribution in [-0.4, -0.2) is 28.5 Å². The summed E-state index contributed by atoms with van der Waals surface area (Å²) in [6, 6.07) is 1.87. The Morgan fingerprint density at radius 3 is 3.18 bits per heavy atom. The van der Waals surface area contributed by atoms with Crippen LogP contribution in [0, 0.1) is 11.3 Å². The van der Waals surface area contributed by atoms with Gasteiger partial charge in [0.15, 0.2) is 0 Å². The number of imidazole rings is 1. The lowest BCUT2D eigenvalue weighted by Crippen LogP contribution is -2.29. The van der Waals surface area contributed by atoms with Gasteiger partial charge < -0.3 is 15.2 Å². The molecule has 92 valence electrons. The summed E-state index contributed by atoms with van der Waals surface area (Å²) in [7, 11) is 0. The number of carbonyl (C=O) groups excluding carboxylic acids is 1. The van der Waals surface area contributed by atoms with Gasteiger partial charge in [-0.05, 0) is 13.0 Å². The first-order valence-corrected chi connectivity index (χ1v) is 5.62. The van der Waals surface area contributed by atoms with E-state index in [1.54, 1.807) is 17.0 Å². The predicted molar refractivity (Wildman–Crippen MR) is 62.8 cm³/mol. The molecule has 0 spiro atoms. The van der Waals surface area contributed by atoms with Crippen LogP contribution in [0.25, 0.3) is 0 Å². The minimum atomic E-state index is -0.179. The molecule has 0 aliphatic carbocycles. The highest BCUT2D eigenvalue weighted by molar-refractivity contribution is 5.75. The molecule has 0 aliphatic rings. The summed E-state index contributed by atoms with van der Waals surface area (Å²) in [5.74, 6) is 0.645. The van der Waals surface area contributed by atoms with Crippen molar-refractivity contribution in [2.75, 3.05) is 13.1 Å². The largest absolute Gasteiger partial charge is 0.341 e. The lowest BCUT2D eigenvalue weighted by molar-refractivity contribution is -0.121. The number of nitrogens with one attached hydrogen (secondary N) is 2. The summed E-state index contributed by atoms with van der Waals surface area (Å²) in [6.45, 7) is 3.90. The molecule has 0 aliphatic heterocycles.